The first-order valence-electron chi connectivity index (χ1n) is 7.37. The second-order valence-electron chi connectivity index (χ2n) is 5.27. The van der Waals surface area contributed by atoms with E-state index >= 15 is 0 Å². The lowest BCUT2D eigenvalue weighted by atomic mass is 9.86. The van der Waals surface area contributed by atoms with Gasteiger partial charge in [-0.15, -0.1) is 0 Å². The van der Waals surface area contributed by atoms with Gasteiger partial charge < -0.3 is 10.1 Å². The molecule has 0 radical (unpaired) electrons. The van der Waals surface area contributed by atoms with Gasteiger partial charge in [0.05, 0.1) is 6.61 Å². The fourth-order valence-corrected chi connectivity index (χ4v) is 3.00. The molecule has 0 spiro atoms. The van der Waals surface area contributed by atoms with Gasteiger partial charge in [0.15, 0.2) is 0 Å². The Morgan fingerprint density at radius 1 is 1.10 bits per heavy atom. The van der Waals surface area contributed by atoms with E-state index in [1.807, 2.05) is 13.0 Å². The van der Waals surface area contributed by atoms with E-state index in [-0.39, 0.29) is 0 Å². The summed E-state index contributed by atoms with van der Waals surface area (Å²) in [6, 6.07) is 17.2. The van der Waals surface area contributed by atoms with E-state index in [0.717, 1.165) is 31.9 Å². The second-order valence-corrected chi connectivity index (χ2v) is 5.27. The van der Waals surface area contributed by atoms with Crippen LogP contribution < -0.4 is 10.1 Å². The van der Waals surface area contributed by atoms with Crippen LogP contribution in [0.1, 0.15) is 29.5 Å². The molecule has 104 valence electrons. The van der Waals surface area contributed by atoms with Gasteiger partial charge in [-0.05, 0) is 36.1 Å². The summed E-state index contributed by atoms with van der Waals surface area (Å²) < 4.78 is 5.75. The van der Waals surface area contributed by atoms with Gasteiger partial charge in [-0.1, -0.05) is 42.5 Å². The molecule has 1 atom stereocenters. The third kappa shape index (κ3) is 2.70. The van der Waals surface area contributed by atoms with E-state index in [1.165, 1.54) is 16.7 Å². The van der Waals surface area contributed by atoms with E-state index in [1.54, 1.807) is 0 Å². The Morgan fingerprint density at radius 3 is 2.80 bits per heavy atom. The van der Waals surface area contributed by atoms with Crippen molar-refractivity contribution in [3.63, 3.8) is 0 Å². The predicted molar refractivity (Wildman–Crippen MR) is 82.2 cm³/mol. The summed E-state index contributed by atoms with van der Waals surface area (Å²) in [6.07, 6.45) is 1.03. The smallest absolute Gasteiger partial charge is 0.122 e. The minimum Gasteiger partial charge on any atom is -0.494 e. The zero-order chi connectivity index (χ0) is 13.8. The lowest BCUT2D eigenvalue weighted by Gasteiger charge is -2.27. The predicted octanol–water partition coefficient (Wildman–Crippen LogP) is 3.51. The number of hydrogen-bond acceptors (Lipinski definition) is 2. The molecule has 2 aromatic carbocycles. The van der Waals surface area contributed by atoms with E-state index < -0.39 is 0 Å². The molecule has 0 saturated carbocycles. The van der Waals surface area contributed by atoms with Gasteiger partial charge in [0.25, 0.3) is 0 Å². The summed E-state index contributed by atoms with van der Waals surface area (Å²) in [6.45, 7) is 4.78. The Morgan fingerprint density at radius 2 is 1.90 bits per heavy atom. The molecule has 0 aromatic heterocycles. The van der Waals surface area contributed by atoms with Crippen LogP contribution in [0.5, 0.6) is 5.75 Å². The first-order valence-corrected chi connectivity index (χ1v) is 7.37. The standard InChI is InChI=1S/C18H21NO/c1-2-20-18-10-6-4-7-14(18)11-16-13-19-12-15-8-3-5-9-17(15)16/h3-10,16,19H,2,11-13H2,1H3. The van der Waals surface area contributed by atoms with Crippen LogP contribution in [0.4, 0.5) is 0 Å². The van der Waals surface area contributed by atoms with Crippen LogP contribution in [-0.4, -0.2) is 13.2 Å². The van der Waals surface area contributed by atoms with Crippen LogP contribution in [0.2, 0.25) is 0 Å². The van der Waals surface area contributed by atoms with E-state index in [4.69, 9.17) is 4.74 Å². The summed E-state index contributed by atoms with van der Waals surface area (Å²) in [4.78, 5) is 0. The number of rotatable bonds is 4. The molecular formula is C18H21NO. The Hall–Kier alpha value is -1.80. The van der Waals surface area contributed by atoms with Crippen molar-refractivity contribution in [3.05, 3.63) is 65.2 Å². The molecule has 1 unspecified atom stereocenters. The van der Waals surface area contributed by atoms with Crippen LogP contribution in [0.15, 0.2) is 48.5 Å². The highest BCUT2D eigenvalue weighted by atomic mass is 16.5. The third-order valence-corrected chi connectivity index (χ3v) is 3.94. The first-order chi connectivity index (χ1) is 9.88. The molecule has 1 N–H and O–H groups in total. The lowest BCUT2D eigenvalue weighted by Crippen LogP contribution is -2.29. The Bertz CT molecular complexity index is 579. The molecule has 0 bridgehead atoms. The number of fused-ring (bicyclic) bond motifs is 1. The van der Waals surface area contributed by atoms with Crippen molar-refractivity contribution in [2.45, 2.75) is 25.8 Å². The zero-order valence-corrected chi connectivity index (χ0v) is 11.9. The highest BCUT2D eigenvalue weighted by molar-refractivity contribution is 5.38. The number of nitrogens with one attached hydrogen (secondary N) is 1. The molecular weight excluding hydrogens is 246 g/mol. The second kappa shape index (κ2) is 6.10. The SMILES string of the molecule is CCOc1ccccc1CC1CNCc2ccccc21. The number of benzene rings is 2. The average Bonchev–Trinajstić information content (AvgIpc) is 2.50. The third-order valence-electron chi connectivity index (χ3n) is 3.94. The van der Waals surface area contributed by atoms with E-state index in [2.05, 4.69) is 47.8 Å². The number of hydrogen-bond donors (Lipinski definition) is 1. The van der Waals surface area contributed by atoms with Gasteiger partial charge in [-0.25, -0.2) is 0 Å². The van der Waals surface area contributed by atoms with E-state index in [0.29, 0.717) is 5.92 Å². The van der Waals surface area contributed by atoms with Crippen molar-refractivity contribution in [1.82, 2.24) is 5.32 Å². The summed E-state index contributed by atoms with van der Waals surface area (Å²) in [7, 11) is 0. The molecule has 0 aliphatic carbocycles. The van der Waals surface area contributed by atoms with Crippen LogP contribution >= 0.6 is 0 Å². The fraction of sp³-hybridized carbons (Fsp3) is 0.333. The molecule has 2 aromatic rings. The number of para-hydroxylation sites is 1. The molecule has 1 heterocycles. The van der Waals surface area contributed by atoms with Crippen molar-refractivity contribution < 1.29 is 4.74 Å². The molecule has 20 heavy (non-hydrogen) atoms. The maximum absolute atomic E-state index is 5.75. The Balaban J connectivity index is 1.86. The molecule has 0 saturated heterocycles. The van der Waals surface area contributed by atoms with Crippen molar-refractivity contribution in [1.29, 1.82) is 0 Å². The summed E-state index contributed by atoms with van der Waals surface area (Å²) in [5.74, 6) is 1.56. The monoisotopic (exact) mass is 267 g/mol. The average molecular weight is 267 g/mol. The summed E-state index contributed by atoms with van der Waals surface area (Å²) in [5.41, 5.74) is 4.22. The quantitative estimate of drug-likeness (QED) is 0.915. The highest BCUT2D eigenvalue weighted by Crippen LogP contribution is 2.30. The molecule has 1 aliphatic rings. The van der Waals surface area contributed by atoms with Crippen molar-refractivity contribution in [2.24, 2.45) is 0 Å². The Labute approximate surface area is 120 Å². The maximum atomic E-state index is 5.75. The number of ether oxygens (including phenoxy) is 1. The van der Waals surface area contributed by atoms with Gasteiger partial charge >= 0.3 is 0 Å². The zero-order valence-electron chi connectivity index (χ0n) is 11.9. The van der Waals surface area contributed by atoms with Crippen molar-refractivity contribution in [3.8, 4) is 5.75 Å². The van der Waals surface area contributed by atoms with Crippen LogP contribution in [0.3, 0.4) is 0 Å². The molecule has 3 rings (SSSR count). The van der Waals surface area contributed by atoms with E-state index in [9.17, 15) is 0 Å². The summed E-state index contributed by atoms with van der Waals surface area (Å²) >= 11 is 0. The van der Waals surface area contributed by atoms with Crippen LogP contribution in [0.25, 0.3) is 0 Å². The maximum Gasteiger partial charge on any atom is 0.122 e. The molecule has 0 fully saturated rings. The van der Waals surface area contributed by atoms with Gasteiger partial charge in [0.1, 0.15) is 5.75 Å². The van der Waals surface area contributed by atoms with Crippen LogP contribution in [-0.2, 0) is 13.0 Å². The molecule has 2 nitrogen and oxygen atoms in total. The minimum atomic E-state index is 0.529. The topological polar surface area (TPSA) is 21.3 Å². The Kier molecular flexibility index (Phi) is 4.03. The summed E-state index contributed by atoms with van der Waals surface area (Å²) in [5, 5.41) is 3.52. The first kappa shape index (κ1) is 13.2. The van der Waals surface area contributed by atoms with Gasteiger partial charge in [-0.3, -0.25) is 0 Å². The fourth-order valence-electron chi connectivity index (χ4n) is 3.00. The minimum absolute atomic E-state index is 0.529. The molecule has 0 amide bonds. The lowest BCUT2D eigenvalue weighted by molar-refractivity contribution is 0.335. The van der Waals surface area contributed by atoms with Crippen molar-refractivity contribution >= 4 is 0 Å². The molecule has 2 heteroatoms. The van der Waals surface area contributed by atoms with Gasteiger partial charge in [-0.2, -0.15) is 0 Å². The normalized spacial score (nSPS) is 17.6. The van der Waals surface area contributed by atoms with Gasteiger partial charge in [0, 0.05) is 19.0 Å². The van der Waals surface area contributed by atoms with Gasteiger partial charge in [0.2, 0.25) is 0 Å². The largest absolute Gasteiger partial charge is 0.494 e. The highest BCUT2D eigenvalue weighted by Gasteiger charge is 2.20. The van der Waals surface area contributed by atoms with Crippen molar-refractivity contribution in [2.75, 3.05) is 13.2 Å². The van der Waals surface area contributed by atoms with Crippen LogP contribution in [0, 0.1) is 0 Å². The molecule has 1 aliphatic heterocycles.